The van der Waals surface area contributed by atoms with E-state index in [0.717, 1.165) is 18.1 Å². The highest BCUT2D eigenvalue weighted by molar-refractivity contribution is 5.92. The largest absolute Gasteiger partial charge is 0.433 e. The van der Waals surface area contributed by atoms with Crippen LogP contribution in [0.5, 0.6) is 0 Å². The number of hydrogen-bond donors (Lipinski definition) is 0. The van der Waals surface area contributed by atoms with E-state index in [9.17, 15) is 24.1 Å². The minimum Gasteiger partial charge on any atom is -0.395 e. The van der Waals surface area contributed by atoms with Gasteiger partial charge in [0.25, 0.3) is 5.91 Å². The van der Waals surface area contributed by atoms with E-state index in [1.54, 1.807) is 17.0 Å². The van der Waals surface area contributed by atoms with Gasteiger partial charge in [-0.25, -0.2) is 4.39 Å². The summed E-state index contributed by atoms with van der Waals surface area (Å²) in [6, 6.07) is 8.67. The van der Waals surface area contributed by atoms with Crippen LogP contribution in [-0.4, -0.2) is 52.7 Å². The first-order valence-electron chi connectivity index (χ1n) is 9.02. The van der Waals surface area contributed by atoms with E-state index < -0.39 is 16.7 Å². The number of nitro groups is 1. The number of carbonyl (C=O) groups is 2. The van der Waals surface area contributed by atoms with Gasteiger partial charge in [-0.05, 0) is 36.1 Å². The summed E-state index contributed by atoms with van der Waals surface area (Å²) in [5.41, 5.74) is 0.966. The van der Waals surface area contributed by atoms with Gasteiger partial charge in [-0.1, -0.05) is 12.1 Å². The molecule has 8 nitrogen and oxygen atoms in total. The van der Waals surface area contributed by atoms with Crippen LogP contribution in [-0.2, 0) is 4.79 Å². The molecule has 1 aliphatic carbocycles. The molecule has 0 spiro atoms. The zero-order valence-corrected chi connectivity index (χ0v) is 14.9. The van der Waals surface area contributed by atoms with E-state index in [2.05, 4.69) is 0 Å². The van der Waals surface area contributed by atoms with Crippen LogP contribution in [0.1, 0.15) is 28.5 Å². The van der Waals surface area contributed by atoms with Crippen LogP contribution in [0.3, 0.4) is 0 Å². The lowest BCUT2D eigenvalue weighted by Crippen LogP contribution is -2.51. The van der Waals surface area contributed by atoms with Crippen molar-refractivity contribution in [3.8, 4) is 0 Å². The molecule has 0 radical (unpaired) electrons. The Hall–Kier alpha value is -3.23. The maximum Gasteiger partial charge on any atom is 0.433 e. The molecule has 2 unspecified atom stereocenters. The van der Waals surface area contributed by atoms with Gasteiger partial charge in [-0.15, -0.1) is 0 Å². The highest BCUT2D eigenvalue weighted by Crippen LogP contribution is 2.48. The molecule has 2 aliphatic rings. The second kappa shape index (κ2) is 7.06. The molecule has 9 heteroatoms. The van der Waals surface area contributed by atoms with Gasteiger partial charge in [0.15, 0.2) is 5.76 Å². The normalized spacial score (nSPS) is 21.5. The molecular weight excluding hydrogens is 369 g/mol. The molecule has 28 heavy (non-hydrogen) atoms. The number of piperazine rings is 1. The summed E-state index contributed by atoms with van der Waals surface area (Å²) in [6.07, 6.45) is 0.750. The molecule has 1 aliphatic heterocycles. The molecule has 0 N–H and O–H groups in total. The van der Waals surface area contributed by atoms with E-state index >= 15 is 0 Å². The number of amides is 2. The molecule has 1 saturated carbocycles. The molecule has 1 saturated heterocycles. The maximum atomic E-state index is 13.0. The highest BCUT2D eigenvalue weighted by Gasteiger charge is 2.46. The van der Waals surface area contributed by atoms with Gasteiger partial charge in [0.2, 0.25) is 5.91 Å². The number of hydrogen-bond acceptors (Lipinski definition) is 5. The van der Waals surface area contributed by atoms with Gasteiger partial charge in [0, 0.05) is 32.1 Å². The summed E-state index contributed by atoms with van der Waals surface area (Å²) in [5.74, 6) is -1.19. The fourth-order valence-electron chi connectivity index (χ4n) is 3.61. The van der Waals surface area contributed by atoms with Crippen molar-refractivity contribution in [2.45, 2.75) is 12.3 Å². The van der Waals surface area contributed by atoms with Gasteiger partial charge in [-0.3, -0.25) is 19.7 Å². The Bertz CT molecular complexity index is 918. The van der Waals surface area contributed by atoms with E-state index in [-0.39, 0.29) is 29.3 Å². The second-order valence-electron chi connectivity index (χ2n) is 7.01. The SMILES string of the molecule is O=C(c1ccc([N+](=O)[O-])o1)N1CCN(C(=O)C2CC2c2ccc(F)cc2)CC1. The van der Waals surface area contributed by atoms with E-state index in [0.29, 0.717) is 26.2 Å². The Morgan fingerprint density at radius 1 is 1.04 bits per heavy atom. The third kappa shape index (κ3) is 3.47. The van der Waals surface area contributed by atoms with Crippen LogP contribution in [0, 0.1) is 21.8 Å². The third-order valence-corrected chi connectivity index (χ3v) is 5.27. The van der Waals surface area contributed by atoms with E-state index in [1.165, 1.54) is 23.1 Å². The van der Waals surface area contributed by atoms with E-state index in [1.807, 2.05) is 0 Å². The molecule has 2 heterocycles. The molecule has 146 valence electrons. The molecule has 2 atom stereocenters. The van der Waals surface area contributed by atoms with Gasteiger partial charge < -0.3 is 14.2 Å². The lowest BCUT2D eigenvalue weighted by molar-refractivity contribution is -0.402. The average Bonchev–Trinajstić information content (AvgIpc) is 3.34. The van der Waals surface area contributed by atoms with Crippen LogP contribution in [0.15, 0.2) is 40.8 Å². The quantitative estimate of drug-likeness (QED) is 0.593. The molecule has 0 bridgehead atoms. The van der Waals surface area contributed by atoms with Crippen molar-refractivity contribution in [2.24, 2.45) is 5.92 Å². The fourth-order valence-corrected chi connectivity index (χ4v) is 3.61. The van der Waals surface area contributed by atoms with Crippen LogP contribution >= 0.6 is 0 Å². The molecule has 2 amide bonds. The predicted octanol–water partition coefficient (Wildman–Crippen LogP) is 2.42. The van der Waals surface area contributed by atoms with Crippen molar-refractivity contribution in [3.63, 3.8) is 0 Å². The minimum atomic E-state index is -0.694. The molecule has 1 aromatic heterocycles. The first kappa shape index (κ1) is 18.1. The Morgan fingerprint density at radius 3 is 2.29 bits per heavy atom. The van der Waals surface area contributed by atoms with E-state index in [4.69, 9.17) is 4.42 Å². The molecule has 4 rings (SSSR count). The smallest absolute Gasteiger partial charge is 0.395 e. The lowest BCUT2D eigenvalue weighted by atomic mass is 10.1. The van der Waals surface area contributed by atoms with Crippen LogP contribution in [0.2, 0.25) is 0 Å². The van der Waals surface area contributed by atoms with Crippen molar-refractivity contribution < 1.29 is 23.3 Å². The van der Waals surface area contributed by atoms with Crippen molar-refractivity contribution in [3.05, 3.63) is 63.7 Å². The van der Waals surface area contributed by atoms with Gasteiger partial charge in [0.1, 0.15) is 10.7 Å². The Morgan fingerprint density at radius 2 is 1.68 bits per heavy atom. The summed E-state index contributed by atoms with van der Waals surface area (Å²) in [5, 5.41) is 10.7. The zero-order chi connectivity index (χ0) is 19.8. The van der Waals surface area contributed by atoms with Crippen LogP contribution < -0.4 is 0 Å². The van der Waals surface area contributed by atoms with Gasteiger partial charge >= 0.3 is 5.88 Å². The van der Waals surface area contributed by atoms with Crippen molar-refractivity contribution in [1.29, 1.82) is 0 Å². The summed E-state index contributed by atoms with van der Waals surface area (Å²) < 4.78 is 18.0. The topological polar surface area (TPSA) is 96.9 Å². The first-order valence-corrected chi connectivity index (χ1v) is 9.02. The average molecular weight is 387 g/mol. The molecule has 2 aromatic rings. The number of furan rings is 1. The predicted molar refractivity (Wildman–Crippen MR) is 95.1 cm³/mol. The number of benzene rings is 1. The monoisotopic (exact) mass is 387 g/mol. The first-order chi connectivity index (χ1) is 13.4. The number of nitrogens with zero attached hydrogens (tertiary/aromatic N) is 3. The van der Waals surface area contributed by atoms with Crippen LogP contribution in [0.4, 0.5) is 10.3 Å². The maximum absolute atomic E-state index is 13.0. The Kier molecular flexibility index (Phi) is 4.58. The van der Waals surface area contributed by atoms with Crippen molar-refractivity contribution in [2.75, 3.05) is 26.2 Å². The summed E-state index contributed by atoms with van der Waals surface area (Å²) in [7, 11) is 0. The highest BCUT2D eigenvalue weighted by atomic mass is 19.1. The minimum absolute atomic E-state index is 0.0510. The number of rotatable bonds is 4. The fraction of sp³-hybridized carbons (Fsp3) is 0.368. The van der Waals surface area contributed by atoms with Crippen molar-refractivity contribution >= 4 is 17.7 Å². The molecule has 2 fully saturated rings. The van der Waals surface area contributed by atoms with Crippen molar-refractivity contribution in [1.82, 2.24) is 9.80 Å². The Balaban J connectivity index is 1.31. The second-order valence-corrected chi connectivity index (χ2v) is 7.01. The zero-order valence-electron chi connectivity index (χ0n) is 14.9. The Labute approximate surface area is 159 Å². The summed E-state index contributed by atoms with van der Waals surface area (Å²) in [4.78, 5) is 38.3. The summed E-state index contributed by atoms with van der Waals surface area (Å²) in [6.45, 7) is 1.49. The summed E-state index contributed by atoms with van der Waals surface area (Å²) >= 11 is 0. The molecule has 1 aromatic carbocycles. The molecular formula is C19H18FN3O5. The van der Waals surface area contributed by atoms with Crippen LogP contribution in [0.25, 0.3) is 0 Å². The number of carbonyl (C=O) groups excluding carboxylic acids is 2. The van der Waals surface area contributed by atoms with Gasteiger partial charge in [-0.2, -0.15) is 0 Å². The number of halogens is 1. The third-order valence-electron chi connectivity index (χ3n) is 5.27. The lowest BCUT2D eigenvalue weighted by Gasteiger charge is -2.34. The standard InChI is InChI=1S/C19H18FN3O5/c20-13-3-1-12(2-4-13)14-11-15(14)18(24)21-7-9-22(10-8-21)19(25)16-5-6-17(28-16)23(26)27/h1-6,14-15H,7-11H2. The van der Waals surface area contributed by atoms with Gasteiger partial charge in [0.05, 0.1) is 6.07 Å².